The van der Waals surface area contributed by atoms with Gasteiger partial charge in [0.05, 0.1) is 0 Å². The van der Waals surface area contributed by atoms with E-state index in [0.29, 0.717) is 5.71 Å². The fourth-order valence-electron chi connectivity index (χ4n) is 1.65. The van der Waals surface area contributed by atoms with Crippen molar-refractivity contribution in [1.82, 2.24) is 0 Å². The van der Waals surface area contributed by atoms with Gasteiger partial charge in [0, 0.05) is 5.71 Å². The third kappa shape index (κ3) is 4.81. The summed E-state index contributed by atoms with van der Waals surface area (Å²) in [6.45, 7) is 7.83. The molecule has 0 atom stereocenters. The van der Waals surface area contributed by atoms with Crippen LogP contribution in [0.2, 0.25) is 0 Å². The average molecular weight is 227 g/mol. The molecule has 0 aliphatic carbocycles. The van der Waals surface area contributed by atoms with Crippen LogP contribution in [-0.2, 0) is 0 Å². The zero-order chi connectivity index (χ0) is 12.7. The molecule has 1 aromatic carbocycles. The molecular weight excluding hydrogens is 206 g/mol. The molecule has 0 fully saturated rings. The summed E-state index contributed by atoms with van der Waals surface area (Å²) in [6.07, 6.45) is 6.74. The van der Waals surface area contributed by atoms with E-state index in [-0.39, 0.29) is 0 Å². The van der Waals surface area contributed by atoms with Crippen LogP contribution in [-0.4, -0.2) is 5.71 Å². The van der Waals surface area contributed by atoms with E-state index in [4.69, 9.17) is 5.41 Å². The van der Waals surface area contributed by atoms with Crippen LogP contribution in [0.15, 0.2) is 43.0 Å². The molecule has 17 heavy (non-hydrogen) atoms. The minimum absolute atomic E-state index is 0.631. The molecule has 1 aromatic rings. The van der Waals surface area contributed by atoms with Crippen LogP contribution in [0, 0.1) is 12.3 Å². The highest BCUT2D eigenvalue weighted by Crippen LogP contribution is 2.15. The zero-order valence-electron chi connectivity index (χ0n) is 10.8. The monoisotopic (exact) mass is 227 g/mol. The zero-order valence-corrected chi connectivity index (χ0v) is 10.8. The Morgan fingerprint density at radius 3 is 2.53 bits per heavy atom. The van der Waals surface area contributed by atoms with Crippen molar-refractivity contribution in [3.63, 3.8) is 0 Å². The van der Waals surface area contributed by atoms with E-state index in [1.807, 2.05) is 0 Å². The Morgan fingerprint density at radius 1 is 1.29 bits per heavy atom. The molecule has 1 rings (SSSR count). The van der Waals surface area contributed by atoms with Crippen molar-refractivity contribution in [3.05, 3.63) is 54.1 Å². The van der Waals surface area contributed by atoms with Gasteiger partial charge in [-0.05, 0) is 50.3 Å². The number of benzene rings is 1. The van der Waals surface area contributed by atoms with Crippen LogP contribution in [0.4, 0.5) is 0 Å². The lowest BCUT2D eigenvalue weighted by atomic mass is 10.0. The second-order valence-electron chi connectivity index (χ2n) is 4.37. The Labute approximate surface area is 104 Å². The van der Waals surface area contributed by atoms with E-state index < -0.39 is 0 Å². The van der Waals surface area contributed by atoms with Crippen molar-refractivity contribution in [2.24, 2.45) is 0 Å². The minimum atomic E-state index is 0.631. The lowest BCUT2D eigenvalue weighted by molar-refractivity contribution is 0.893. The molecule has 1 N–H and O–H groups in total. The summed E-state index contributed by atoms with van der Waals surface area (Å²) >= 11 is 0. The van der Waals surface area contributed by atoms with Gasteiger partial charge in [-0.2, -0.15) is 0 Å². The Bertz CT molecular complexity index is 410. The van der Waals surface area contributed by atoms with E-state index in [0.717, 1.165) is 19.3 Å². The van der Waals surface area contributed by atoms with Crippen molar-refractivity contribution in [2.45, 2.75) is 33.1 Å². The Morgan fingerprint density at radius 2 is 1.94 bits per heavy atom. The molecule has 1 heteroatoms. The summed E-state index contributed by atoms with van der Waals surface area (Å²) in [5.74, 6) is 0. The standard InChI is InChI=1S/C16H21N/c1-4-16(17)8-6-5-7-14(3)15-11-9-13(2)10-12-15/h4,7,9-12,17H,1,5-6,8H2,2-3H3. The van der Waals surface area contributed by atoms with Crippen molar-refractivity contribution < 1.29 is 0 Å². The summed E-state index contributed by atoms with van der Waals surface area (Å²) in [4.78, 5) is 0. The van der Waals surface area contributed by atoms with Gasteiger partial charge in [0.2, 0.25) is 0 Å². The fraction of sp³-hybridized carbons (Fsp3) is 0.312. The largest absolute Gasteiger partial charge is 0.305 e. The maximum atomic E-state index is 7.47. The van der Waals surface area contributed by atoms with Crippen LogP contribution >= 0.6 is 0 Å². The molecule has 0 radical (unpaired) electrons. The van der Waals surface area contributed by atoms with Gasteiger partial charge < -0.3 is 5.41 Å². The predicted octanol–water partition coefficient (Wildman–Crippen LogP) is 4.77. The number of unbranched alkanes of at least 4 members (excludes halogenated alkanes) is 1. The van der Waals surface area contributed by atoms with Crippen LogP contribution in [0.1, 0.15) is 37.3 Å². The number of allylic oxidation sites excluding steroid dienone is 3. The highest BCUT2D eigenvalue weighted by molar-refractivity contribution is 5.91. The average Bonchev–Trinajstić information content (AvgIpc) is 2.34. The second-order valence-corrected chi connectivity index (χ2v) is 4.37. The molecule has 0 amide bonds. The number of rotatable bonds is 6. The van der Waals surface area contributed by atoms with Gasteiger partial charge >= 0.3 is 0 Å². The van der Waals surface area contributed by atoms with Gasteiger partial charge in [0.1, 0.15) is 0 Å². The van der Waals surface area contributed by atoms with E-state index in [1.54, 1.807) is 6.08 Å². The molecule has 0 heterocycles. The number of hydrogen-bond acceptors (Lipinski definition) is 1. The number of hydrogen-bond donors (Lipinski definition) is 1. The summed E-state index contributed by atoms with van der Waals surface area (Å²) in [5.41, 5.74) is 4.52. The molecule has 90 valence electrons. The SMILES string of the molecule is C=CC(=N)CCCC=C(C)c1ccc(C)cc1. The third-order valence-corrected chi connectivity index (χ3v) is 2.85. The maximum absolute atomic E-state index is 7.47. The molecule has 0 saturated carbocycles. The quantitative estimate of drug-likeness (QED) is 0.534. The van der Waals surface area contributed by atoms with E-state index in [2.05, 4.69) is 50.8 Å². The Balaban J connectivity index is 2.46. The lowest BCUT2D eigenvalue weighted by Gasteiger charge is -2.02. The summed E-state index contributed by atoms with van der Waals surface area (Å²) in [6, 6.07) is 8.60. The predicted molar refractivity (Wildman–Crippen MR) is 76.6 cm³/mol. The molecule has 0 bridgehead atoms. The van der Waals surface area contributed by atoms with Crippen molar-refractivity contribution in [1.29, 1.82) is 5.41 Å². The van der Waals surface area contributed by atoms with Crippen LogP contribution in [0.3, 0.4) is 0 Å². The highest BCUT2D eigenvalue weighted by Gasteiger charge is 1.95. The Kier molecular flexibility index (Phi) is 5.41. The lowest BCUT2D eigenvalue weighted by Crippen LogP contribution is -1.89. The van der Waals surface area contributed by atoms with Gasteiger partial charge in [-0.1, -0.05) is 42.5 Å². The maximum Gasteiger partial charge on any atom is 0.0308 e. The third-order valence-electron chi connectivity index (χ3n) is 2.85. The van der Waals surface area contributed by atoms with Gasteiger partial charge in [-0.15, -0.1) is 0 Å². The highest BCUT2D eigenvalue weighted by atomic mass is 14.4. The topological polar surface area (TPSA) is 23.9 Å². The second kappa shape index (κ2) is 6.85. The van der Waals surface area contributed by atoms with Crippen molar-refractivity contribution in [3.8, 4) is 0 Å². The van der Waals surface area contributed by atoms with Crippen LogP contribution in [0.25, 0.3) is 5.57 Å². The first kappa shape index (κ1) is 13.4. The Hall–Kier alpha value is -1.63. The first-order chi connectivity index (χ1) is 8.13. The van der Waals surface area contributed by atoms with Crippen molar-refractivity contribution in [2.75, 3.05) is 0 Å². The van der Waals surface area contributed by atoms with Gasteiger partial charge in [-0.25, -0.2) is 0 Å². The normalized spacial score (nSPS) is 11.3. The molecule has 0 spiro atoms. The molecule has 0 aliphatic heterocycles. The van der Waals surface area contributed by atoms with Crippen LogP contribution in [0.5, 0.6) is 0 Å². The first-order valence-corrected chi connectivity index (χ1v) is 6.07. The smallest absolute Gasteiger partial charge is 0.0308 e. The fourth-order valence-corrected chi connectivity index (χ4v) is 1.65. The molecule has 0 aliphatic rings. The molecule has 1 nitrogen and oxygen atoms in total. The summed E-state index contributed by atoms with van der Waals surface area (Å²) in [5, 5.41) is 7.47. The number of aryl methyl sites for hydroxylation is 1. The molecule has 0 aromatic heterocycles. The van der Waals surface area contributed by atoms with Gasteiger partial charge in [0.15, 0.2) is 0 Å². The van der Waals surface area contributed by atoms with Gasteiger partial charge in [0.25, 0.3) is 0 Å². The van der Waals surface area contributed by atoms with E-state index in [9.17, 15) is 0 Å². The summed E-state index contributed by atoms with van der Waals surface area (Å²) in [7, 11) is 0. The molecule has 0 saturated heterocycles. The summed E-state index contributed by atoms with van der Waals surface area (Å²) < 4.78 is 0. The number of nitrogens with one attached hydrogen (secondary N) is 1. The minimum Gasteiger partial charge on any atom is -0.305 e. The van der Waals surface area contributed by atoms with Crippen molar-refractivity contribution >= 4 is 11.3 Å². The first-order valence-electron chi connectivity index (χ1n) is 6.07. The van der Waals surface area contributed by atoms with Crippen LogP contribution < -0.4 is 0 Å². The van der Waals surface area contributed by atoms with E-state index >= 15 is 0 Å². The molecule has 0 unspecified atom stereocenters. The van der Waals surface area contributed by atoms with E-state index in [1.165, 1.54) is 16.7 Å². The van der Waals surface area contributed by atoms with Gasteiger partial charge in [-0.3, -0.25) is 0 Å². The molecular formula is C16H21N.